The highest BCUT2D eigenvalue weighted by Crippen LogP contribution is 2.28. The molecule has 1 unspecified atom stereocenters. The lowest BCUT2D eigenvalue weighted by Gasteiger charge is -2.24. The van der Waals surface area contributed by atoms with E-state index in [9.17, 15) is 9.90 Å². The number of hydrogen-bond acceptors (Lipinski definition) is 5. The van der Waals surface area contributed by atoms with Gasteiger partial charge < -0.3 is 9.84 Å². The molecule has 1 aromatic carbocycles. The number of aromatic carboxylic acids is 1. The van der Waals surface area contributed by atoms with E-state index in [4.69, 9.17) is 4.74 Å². The predicted octanol–water partition coefficient (Wildman–Crippen LogP) is 3.66. The number of carbonyl (C=O) groups is 1. The highest BCUT2D eigenvalue weighted by atomic mass is 32.1. The highest BCUT2D eigenvalue weighted by Gasteiger charge is 2.19. The van der Waals surface area contributed by atoms with Crippen LogP contribution >= 0.6 is 11.3 Å². The summed E-state index contributed by atoms with van der Waals surface area (Å²) in [5.41, 5.74) is 2.20. The molecule has 0 aliphatic rings. The predicted molar refractivity (Wildman–Crippen MR) is 91.4 cm³/mol. The van der Waals surface area contributed by atoms with Crippen molar-refractivity contribution in [1.29, 1.82) is 0 Å². The van der Waals surface area contributed by atoms with E-state index in [2.05, 4.69) is 23.7 Å². The summed E-state index contributed by atoms with van der Waals surface area (Å²) >= 11 is 1.70. The smallest absolute Gasteiger partial charge is 0.339 e. The Balaban J connectivity index is 2.19. The van der Waals surface area contributed by atoms with Gasteiger partial charge in [-0.25, -0.2) is 9.78 Å². The molecule has 0 spiro atoms. The Hall–Kier alpha value is -1.92. The second kappa shape index (κ2) is 7.10. The molecule has 1 N–H and O–H groups in total. The molecule has 0 fully saturated rings. The van der Waals surface area contributed by atoms with Gasteiger partial charge in [0.05, 0.1) is 23.9 Å². The first-order chi connectivity index (χ1) is 10.8. The summed E-state index contributed by atoms with van der Waals surface area (Å²) < 4.78 is 5.10. The lowest BCUT2D eigenvalue weighted by molar-refractivity contribution is 0.0693. The number of carboxylic acids is 1. The number of carboxylic acid groups (broad SMARTS) is 1. The van der Waals surface area contributed by atoms with E-state index < -0.39 is 5.97 Å². The molecule has 0 radical (unpaired) electrons. The van der Waals surface area contributed by atoms with Crippen molar-refractivity contribution in [3.05, 3.63) is 44.9 Å². The number of rotatable bonds is 6. The summed E-state index contributed by atoms with van der Waals surface area (Å²) in [6.45, 7) is 6.85. The van der Waals surface area contributed by atoms with Crippen LogP contribution < -0.4 is 4.74 Å². The molecule has 5 nitrogen and oxygen atoms in total. The Kier molecular flexibility index (Phi) is 5.38. The lowest BCUT2D eigenvalue weighted by Crippen LogP contribution is -2.23. The Labute approximate surface area is 140 Å². The topological polar surface area (TPSA) is 62.7 Å². The molecule has 124 valence electrons. The second-order valence-corrected chi connectivity index (χ2v) is 7.01. The molecule has 0 amide bonds. The summed E-state index contributed by atoms with van der Waals surface area (Å²) in [5.74, 6) is -0.603. The standard InChI is InChI=1S/C17H22N2O3S/c1-10(16-11(2)23-12(3)18-16)19(4)9-13-6-7-15(22-5)14(8-13)17(20)21/h6-8,10H,9H2,1-5H3,(H,20,21). The van der Waals surface area contributed by atoms with Crippen LogP contribution in [0.4, 0.5) is 0 Å². The van der Waals surface area contributed by atoms with Gasteiger partial charge in [0.1, 0.15) is 11.3 Å². The molecular weight excluding hydrogens is 312 g/mol. The monoisotopic (exact) mass is 334 g/mol. The van der Waals surface area contributed by atoms with Crippen LogP contribution in [-0.2, 0) is 6.54 Å². The van der Waals surface area contributed by atoms with Gasteiger partial charge in [0.15, 0.2) is 0 Å². The summed E-state index contributed by atoms with van der Waals surface area (Å²) in [6, 6.07) is 5.43. The van der Waals surface area contributed by atoms with Crippen LogP contribution in [0.25, 0.3) is 0 Å². The SMILES string of the molecule is COc1ccc(CN(C)C(C)c2nc(C)sc2C)cc1C(=O)O. The maximum absolute atomic E-state index is 11.3. The van der Waals surface area contributed by atoms with E-state index in [1.54, 1.807) is 23.5 Å². The van der Waals surface area contributed by atoms with Crippen molar-refractivity contribution in [2.24, 2.45) is 0 Å². The van der Waals surface area contributed by atoms with E-state index in [0.29, 0.717) is 12.3 Å². The third-order valence-corrected chi connectivity index (χ3v) is 4.82. The first-order valence-electron chi connectivity index (χ1n) is 7.37. The van der Waals surface area contributed by atoms with Crippen LogP contribution in [0.2, 0.25) is 0 Å². The second-order valence-electron chi connectivity index (χ2n) is 5.61. The van der Waals surface area contributed by atoms with Gasteiger partial charge in [0.25, 0.3) is 0 Å². The first kappa shape index (κ1) is 17.4. The number of thiazole rings is 1. The zero-order valence-electron chi connectivity index (χ0n) is 14.1. The number of hydrogen-bond donors (Lipinski definition) is 1. The maximum atomic E-state index is 11.3. The van der Waals surface area contributed by atoms with Crippen molar-refractivity contribution in [3.8, 4) is 5.75 Å². The van der Waals surface area contributed by atoms with Gasteiger partial charge in [-0.1, -0.05) is 6.07 Å². The maximum Gasteiger partial charge on any atom is 0.339 e. The van der Waals surface area contributed by atoms with Crippen molar-refractivity contribution in [1.82, 2.24) is 9.88 Å². The van der Waals surface area contributed by atoms with E-state index >= 15 is 0 Å². The van der Waals surface area contributed by atoms with Crippen molar-refractivity contribution < 1.29 is 14.6 Å². The summed E-state index contributed by atoms with van der Waals surface area (Å²) in [4.78, 5) is 19.3. The number of aromatic nitrogens is 1. The fraction of sp³-hybridized carbons (Fsp3) is 0.412. The van der Waals surface area contributed by atoms with Crippen molar-refractivity contribution in [3.63, 3.8) is 0 Å². The lowest BCUT2D eigenvalue weighted by atomic mass is 10.1. The molecule has 0 bridgehead atoms. The number of nitrogens with zero attached hydrogens (tertiary/aromatic N) is 2. The summed E-state index contributed by atoms with van der Waals surface area (Å²) in [6.07, 6.45) is 0. The fourth-order valence-electron chi connectivity index (χ4n) is 2.59. The highest BCUT2D eigenvalue weighted by molar-refractivity contribution is 7.11. The Bertz CT molecular complexity index is 712. The van der Waals surface area contributed by atoms with E-state index in [1.165, 1.54) is 12.0 Å². The van der Waals surface area contributed by atoms with Gasteiger partial charge in [-0.2, -0.15) is 0 Å². The van der Waals surface area contributed by atoms with Gasteiger partial charge in [-0.3, -0.25) is 4.90 Å². The molecule has 2 aromatic rings. The number of ether oxygens (including phenoxy) is 1. The minimum atomic E-state index is -0.981. The molecule has 23 heavy (non-hydrogen) atoms. The summed E-state index contributed by atoms with van der Waals surface area (Å²) in [5, 5.41) is 10.3. The van der Waals surface area contributed by atoms with E-state index in [-0.39, 0.29) is 11.6 Å². The minimum Gasteiger partial charge on any atom is -0.496 e. The fourth-order valence-corrected chi connectivity index (χ4v) is 3.49. The van der Waals surface area contributed by atoms with Crippen molar-refractivity contribution in [2.75, 3.05) is 14.2 Å². The largest absolute Gasteiger partial charge is 0.496 e. The Morgan fingerprint density at radius 1 is 1.43 bits per heavy atom. The normalized spacial score (nSPS) is 12.4. The average Bonchev–Trinajstić information content (AvgIpc) is 2.84. The van der Waals surface area contributed by atoms with E-state index in [1.807, 2.05) is 20.0 Å². The third-order valence-electron chi connectivity index (χ3n) is 3.92. The number of aryl methyl sites for hydroxylation is 2. The van der Waals surface area contributed by atoms with Crippen LogP contribution in [0.5, 0.6) is 5.75 Å². The van der Waals surface area contributed by atoms with Crippen LogP contribution in [0.1, 0.15) is 44.5 Å². The quantitative estimate of drug-likeness (QED) is 0.873. The van der Waals surface area contributed by atoms with Gasteiger partial charge >= 0.3 is 5.97 Å². The molecule has 0 aliphatic carbocycles. The molecule has 1 atom stereocenters. The minimum absolute atomic E-state index is 0.162. The average molecular weight is 334 g/mol. The van der Waals surface area contributed by atoms with Crippen LogP contribution in [-0.4, -0.2) is 35.1 Å². The molecule has 1 aromatic heterocycles. The molecule has 6 heteroatoms. The molecular formula is C17H22N2O3S. The number of methoxy groups -OCH3 is 1. The zero-order valence-corrected chi connectivity index (χ0v) is 14.9. The van der Waals surface area contributed by atoms with Crippen molar-refractivity contribution >= 4 is 17.3 Å². The Morgan fingerprint density at radius 3 is 2.65 bits per heavy atom. The third kappa shape index (κ3) is 3.89. The van der Waals surface area contributed by atoms with Gasteiger partial charge in [-0.15, -0.1) is 11.3 Å². The zero-order chi connectivity index (χ0) is 17.1. The van der Waals surface area contributed by atoms with Gasteiger partial charge in [0, 0.05) is 11.4 Å². The van der Waals surface area contributed by atoms with Gasteiger partial charge in [0.2, 0.25) is 0 Å². The molecule has 0 aliphatic heterocycles. The molecule has 2 rings (SSSR count). The van der Waals surface area contributed by atoms with Crippen LogP contribution in [0.15, 0.2) is 18.2 Å². The number of benzene rings is 1. The molecule has 0 saturated carbocycles. The van der Waals surface area contributed by atoms with Gasteiger partial charge in [-0.05, 0) is 45.5 Å². The van der Waals surface area contributed by atoms with Crippen LogP contribution in [0, 0.1) is 13.8 Å². The summed E-state index contributed by atoms with van der Waals surface area (Å²) in [7, 11) is 3.49. The first-order valence-corrected chi connectivity index (χ1v) is 8.19. The molecule has 0 saturated heterocycles. The van der Waals surface area contributed by atoms with Crippen molar-refractivity contribution in [2.45, 2.75) is 33.4 Å². The van der Waals surface area contributed by atoms with Crippen LogP contribution in [0.3, 0.4) is 0 Å². The Morgan fingerprint density at radius 2 is 2.13 bits per heavy atom. The van der Waals surface area contributed by atoms with E-state index in [0.717, 1.165) is 16.3 Å². The molecule has 1 heterocycles.